The summed E-state index contributed by atoms with van der Waals surface area (Å²) >= 11 is 0. The Morgan fingerprint density at radius 3 is 2.50 bits per heavy atom. The maximum atomic E-state index is 11.0. The van der Waals surface area contributed by atoms with Gasteiger partial charge in [0.05, 0.1) is 16.6 Å². The molecule has 0 aliphatic heterocycles. The molecule has 0 radical (unpaired) electrons. The van der Waals surface area contributed by atoms with Gasteiger partial charge in [-0.25, -0.2) is 0 Å². The lowest BCUT2D eigenvalue weighted by molar-refractivity contribution is -0.385. The summed E-state index contributed by atoms with van der Waals surface area (Å²) in [6, 6.07) is 13.3. The third-order valence-electron chi connectivity index (χ3n) is 2.84. The zero-order valence-corrected chi connectivity index (χ0v) is 10.9. The molecule has 5 heteroatoms. The molecule has 0 aliphatic rings. The number of nitriles is 1. The van der Waals surface area contributed by atoms with Crippen LogP contribution >= 0.6 is 0 Å². The van der Waals surface area contributed by atoms with Gasteiger partial charge in [-0.15, -0.1) is 0 Å². The molecular weight excluding hydrogens is 256 g/mol. The number of aryl methyl sites for hydroxylation is 1. The summed E-state index contributed by atoms with van der Waals surface area (Å²) in [4.78, 5) is 10.4. The lowest BCUT2D eigenvalue weighted by atomic mass is 10.1. The second-order valence-electron chi connectivity index (χ2n) is 4.15. The highest BCUT2D eigenvalue weighted by atomic mass is 16.6. The van der Waals surface area contributed by atoms with Crippen molar-refractivity contribution in [3.05, 3.63) is 63.7 Å². The van der Waals surface area contributed by atoms with E-state index in [1.807, 2.05) is 25.1 Å². The van der Waals surface area contributed by atoms with Crippen LogP contribution in [0.25, 0.3) is 0 Å². The zero-order valence-electron chi connectivity index (χ0n) is 10.9. The van der Waals surface area contributed by atoms with E-state index in [0.717, 1.165) is 12.0 Å². The summed E-state index contributed by atoms with van der Waals surface area (Å²) in [5, 5.41) is 19.8. The molecule has 2 aromatic carbocycles. The van der Waals surface area contributed by atoms with Crippen LogP contribution in [0.5, 0.6) is 11.5 Å². The largest absolute Gasteiger partial charge is 0.450 e. The highest BCUT2D eigenvalue weighted by Crippen LogP contribution is 2.32. The van der Waals surface area contributed by atoms with Gasteiger partial charge in [-0.3, -0.25) is 10.1 Å². The van der Waals surface area contributed by atoms with Crippen LogP contribution in [0, 0.1) is 21.4 Å². The Kier molecular flexibility index (Phi) is 3.96. The summed E-state index contributed by atoms with van der Waals surface area (Å²) in [5.74, 6) is 0.647. The molecule has 0 spiro atoms. The van der Waals surface area contributed by atoms with Crippen molar-refractivity contribution in [2.45, 2.75) is 13.3 Å². The fourth-order valence-corrected chi connectivity index (χ4v) is 1.74. The Labute approximate surface area is 116 Å². The smallest absolute Gasteiger partial charge is 0.312 e. The highest BCUT2D eigenvalue weighted by molar-refractivity contribution is 5.53. The Hall–Kier alpha value is -2.87. The second-order valence-corrected chi connectivity index (χ2v) is 4.15. The first-order valence-electron chi connectivity index (χ1n) is 6.09. The number of hydrogen-bond acceptors (Lipinski definition) is 4. The first kappa shape index (κ1) is 13.6. The monoisotopic (exact) mass is 268 g/mol. The van der Waals surface area contributed by atoms with Crippen LogP contribution in [0.4, 0.5) is 5.69 Å². The van der Waals surface area contributed by atoms with E-state index in [9.17, 15) is 10.1 Å². The van der Waals surface area contributed by atoms with E-state index in [2.05, 4.69) is 0 Å². The van der Waals surface area contributed by atoms with Crippen LogP contribution in [0.15, 0.2) is 42.5 Å². The van der Waals surface area contributed by atoms with Gasteiger partial charge in [0, 0.05) is 6.07 Å². The summed E-state index contributed by atoms with van der Waals surface area (Å²) in [7, 11) is 0. The van der Waals surface area contributed by atoms with Crippen molar-refractivity contribution in [2.75, 3.05) is 0 Å². The first-order valence-corrected chi connectivity index (χ1v) is 6.09. The normalized spacial score (nSPS) is 9.80. The quantitative estimate of drug-likeness (QED) is 0.623. The van der Waals surface area contributed by atoms with Crippen LogP contribution in [0.3, 0.4) is 0 Å². The second kappa shape index (κ2) is 5.85. The molecule has 0 N–H and O–H groups in total. The van der Waals surface area contributed by atoms with Gasteiger partial charge in [0.2, 0.25) is 5.75 Å². The number of ether oxygens (including phenoxy) is 1. The van der Waals surface area contributed by atoms with Crippen molar-refractivity contribution in [2.24, 2.45) is 0 Å². The average molecular weight is 268 g/mol. The molecule has 20 heavy (non-hydrogen) atoms. The standard InChI is InChI=1S/C15H12N2O3/c1-2-11-3-6-13(7-4-11)20-15-8-5-12(10-16)9-14(15)17(18)19/h3-9H,2H2,1H3. The van der Waals surface area contributed by atoms with Gasteiger partial charge < -0.3 is 4.74 Å². The van der Waals surface area contributed by atoms with Crippen molar-refractivity contribution in [1.82, 2.24) is 0 Å². The maximum Gasteiger partial charge on any atom is 0.312 e. The Morgan fingerprint density at radius 1 is 1.25 bits per heavy atom. The average Bonchev–Trinajstić information content (AvgIpc) is 2.48. The van der Waals surface area contributed by atoms with Crippen molar-refractivity contribution >= 4 is 5.69 Å². The van der Waals surface area contributed by atoms with Crippen LogP contribution in [-0.4, -0.2) is 4.92 Å². The predicted molar refractivity (Wildman–Crippen MR) is 73.7 cm³/mol. The molecule has 0 bridgehead atoms. The Morgan fingerprint density at radius 2 is 1.95 bits per heavy atom. The fourth-order valence-electron chi connectivity index (χ4n) is 1.74. The third kappa shape index (κ3) is 2.93. The van der Waals surface area contributed by atoms with E-state index in [0.29, 0.717) is 5.75 Å². The Balaban J connectivity index is 2.32. The van der Waals surface area contributed by atoms with Gasteiger partial charge in [-0.2, -0.15) is 5.26 Å². The van der Waals surface area contributed by atoms with Gasteiger partial charge in [0.25, 0.3) is 0 Å². The minimum atomic E-state index is -0.559. The van der Waals surface area contributed by atoms with Crippen molar-refractivity contribution in [3.8, 4) is 17.6 Å². The van der Waals surface area contributed by atoms with Gasteiger partial charge in [0.1, 0.15) is 5.75 Å². The number of nitro groups is 1. The summed E-state index contributed by atoms with van der Waals surface area (Å²) < 4.78 is 5.52. The summed E-state index contributed by atoms with van der Waals surface area (Å²) in [6.07, 6.45) is 0.914. The minimum absolute atomic E-state index is 0.123. The van der Waals surface area contributed by atoms with E-state index in [4.69, 9.17) is 10.00 Å². The molecule has 0 saturated carbocycles. The first-order chi connectivity index (χ1) is 9.63. The molecule has 0 heterocycles. The molecule has 100 valence electrons. The van der Waals surface area contributed by atoms with Gasteiger partial charge in [0.15, 0.2) is 0 Å². The van der Waals surface area contributed by atoms with Crippen molar-refractivity contribution < 1.29 is 9.66 Å². The zero-order chi connectivity index (χ0) is 14.5. The molecule has 0 aromatic heterocycles. The van der Waals surface area contributed by atoms with E-state index in [1.54, 1.807) is 12.1 Å². The number of nitrogens with zero attached hydrogens (tertiary/aromatic N) is 2. The molecular formula is C15H12N2O3. The fraction of sp³-hybridized carbons (Fsp3) is 0.133. The molecule has 0 saturated heterocycles. The molecule has 5 nitrogen and oxygen atoms in total. The lowest BCUT2D eigenvalue weighted by Crippen LogP contribution is -1.94. The topological polar surface area (TPSA) is 76.2 Å². The number of hydrogen-bond donors (Lipinski definition) is 0. The summed E-state index contributed by atoms with van der Waals surface area (Å²) in [6.45, 7) is 2.04. The van der Waals surface area contributed by atoms with Crippen molar-refractivity contribution in [3.63, 3.8) is 0 Å². The SMILES string of the molecule is CCc1ccc(Oc2ccc(C#N)cc2[N+](=O)[O-])cc1. The minimum Gasteiger partial charge on any atom is -0.450 e. The van der Waals surface area contributed by atoms with Crippen molar-refractivity contribution in [1.29, 1.82) is 5.26 Å². The van der Waals surface area contributed by atoms with Crippen LogP contribution in [0.1, 0.15) is 18.1 Å². The van der Waals surface area contributed by atoms with Crippen LogP contribution in [0.2, 0.25) is 0 Å². The number of nitro benzene ring substituents is 1. The molecule has 0 fully saturated rings. The van der Waals surface area contributed by atoms with E-state index in [1.165, 1.54) is 18.2 Å². The van der Waals surface area contributed by atoms with Gasteiger partial charge >= 0.3 is 5.69 Å². The van der Waals surface area contributed by atoms with E-state index < -0.39 is 4.92 Å². The van der Waals surface area contributed by atoms with Gasteiger partial charge in [-0.05, 0) is 36.2 Å². The summed E-state index contributed by atoms with van der Waals surface area (Å²) in [5.41, 5.74) is 1.17. The van der Waals surface area contributed by atoms with Crippen LogP contribution in [-0.2, 0) is 6.42 Å². The molecule has 0 aliphatic carbocycles. The van der Waals surface area contributed by atoms with E-state index in [-0.39, 0.29) is 17.0 Å². The number of benzene rings is 2. The molecule has 0 unspecified atom stereocenters. The molecule has 2 aromatic rings. The molecule has 0 atom stereocenters. The lowest BCUT2D eigenvalue weighted by Gasteiger charge is -2.07. The van der Waals surface area contributed by atoms with E-state index >= 15 is 0 Å². The Bertz CT molecular complexity index is 673. The molecule has 0 amide bonds. The number of rotatable bonds is 4. The highest BCUT2D eigenvalue weighted by Gasteiger charge is 2.16. The molecule has 2 rings (SSSR count). The van der Waals surface area contributed by atoms with Gasteiger partial charge in [-0.1, -0.05) is 19.1 Å². The third-order valence-corrected chi connectivity index (χ3v) is 2.84. The predicted octanol–water partition coefficient (Wildman–Crippen LogP) is 3.82. The maximum absolute atomic E-state index is 11.0. The van der Waals surface area contributed by atoms with Crippen LogP contribution < -0.4 is 4.74 Å².